The van der Waals surface area contributed by atoms with Gasteiger partial charge in [-0.25, -0.2) is 18.2 Å². The van der Waals surface area contributed by atoms with E-state index in [1.54, 1.807) is 0 Å². The average molecular weight is 305 g/mol. The van der Waals surface area contributed by atoms with Gasteiger partial charge in [-0.2, -0.15) is 4.31 Å². The van der Waals surface area contributed by atoms with Crippen LogP contribution in [-0.4, -0.2) is 47.3 Å². The molecular weight excluding hydrogens is 294 g/mol. The maximum atomic E-state index is 12.4. The van der Waals surface area contributed by atoms with Gasteiger partial charge in [0, 0.05) is 6.54 Å². The molecule has 2 rings (SSSR count). The molecule has 1 saturated heterocycles. The minimum absolute atomic E-state index is 0.146. The predicted octanol–water partition coefficient (Wildman–Crippen LogP) is -0.520. The number of carboxylic acid groups (broad SMARTS) is 1. The predicted molar refractivity (Wildman–Crippen MR) is 65.2 cm³/mol. The quantitative estimate of drug-likeness (QED) is 0.769. The standard InChI is InChI=1S/C9H11N3O5S2/c10-7(13)5-2-1-3-12(5)19(16,17)9-6(8(14)15)11-4-18-9/h4-5H,1-3H2,(H2,10,13)(H,14,15). The van der Waals surface area contributed by atoms with Crippen molar-refractivity contribution in [2.45, 2.75) is 23.1 Å². The number of aromatic carboxylic acids is 1. The molecule has 0 spiro atoms. The number of aromatic nitrogens is 1. The van der Waals surface area contributed by atoms with Gasteiger partial charge >= 0.3 is 5.97 Å². The topological polar surface area (TPSA) is 131 Å². The molecule has 104 valence electrons. The van der Waals surface area contributed by atoms with Crippen molar-refractivity contribution < 1.29 is 23.1 Å². The summed E-state index contributed by atoms with van der Waals surface area (Å²) in [5, 5.41) is 8.91. The number of carboxylic acids is 1. The molecule has 3 N–H and O–H groups in total. The van der Waals surface area contributed by atoms with Crippen molar-refractivity contribution in [1.29, 1.82) is 0 Å². The van der Waals surface area contributed by atoms with Gasteiger partial charge in [-0.1, -0.05) is 0 Å². The Labute approximate surface area is 112 Å². The average Bonchev–Trinajstić information content (AvgIpc) is 2.98. The van der Waals surface area contributed by atoms with Gasteiger partial charge in [0.25, 0.3) is 10.0 Å². The largest absolute Gasteiger partial charge is 0.476 e. The molecular formula is C9H11N3O5S2. The Morgan fingerprint density at radius 2 is 2.21 bits per heavy atom. The first-order valence-corrected chi connectivity index (χ1v) is 7.65. The second-order valence-corrected chi connectivity index (χ2v) is 6.91. The van der Waals surface area contributed by atoms with Crippen LogP contribution in [0.3, 0.4) is 0 Å². The van der Waals surface area contributed by atoms with Crippen molar-refractivity contribution in [2.75, 3.05) is 6.54 Å². The van der Waals surface area contributed by atoms with Crippen LogP contribution in [0, 0.1) is 0 Å². The van der Waals surface area contributed by atoms with E-state index < -0.39 is 33.6 Å². The monoisotopic (exact) mass is 305 g/mol. The fourth-order valence-electron chi connectivity index (χ4n) is 1.98. The maximum Gasteiger partial charge on any atom is 0.356 e. The van der Waals surface area contributed by atoms with Gasteiger partial charge in [0.05, 0.1) is 5.51 Å². The van der Waals surface area contributed by atoms with E-state index >= 15 is 0 Å². The van der Waals surface area contributed by atoms with E-state index in [1.165, 1.54) is 0 Å². The first-order valence-electron chi connectivity index (χ1n) is 5.33. The summed E-state index contributed by atoms with van der Waals surface area (Å²) in [7, 11) is -4.06. The third-order valence-corrected chi connectivity index (χ3v) is 6.07. The smallest absolute Gasteiger partial charge is 0.356 e. The summed E-state index contributed by atoms with van der Waals surface area (Å²) < 4.78 is 25.3. The number of hydrogen-bond donors (Lipinski definition) is 2. The summed E-state index contributed by atoms with van der Waals surface area (Å²) in [5.41, 5.74) is 5.78. The lowest BCUT2D eigenvalue weighted by molar-refractivity contribution is -0.121. The van der Waals surface area contributed by atoms with E-state index in [2.05, 4.69) is 4.98 Å². The zero-order valence-electron chi connectivity index (χ0n) is 9.64. The molecule has 1 aromatic heterocycles. The Kier molecular flexibility index (Phi) is 3.56. The molecule has 1 aromatic rings. The Bertz CT molecular complexity index is 624. The number of amides is 1. The second-order valence-electron chi connectivity index (χ2n) is 3.97. The highest BCUT2D eigenvalue weighted by Crippen LogP contribution is 2.30. The van der Waals surface area contributed by atoms with E-state index in [-0.39, 0.29) is 10.8 Å². The van der Waals surface area contributed by atoms with Gasteiger partial charge in [-0.3, -0.25) is 4.79 Å². The number of primary amides is 1. The Balaban J connectivity index is 2.45. The summed E-state index contributed by atoms with van der Waals surface area (Å²) in [6.07, 6.45) is 0.851. The zero-order chi connectivity index (χ0) is 14.2. The van der Waals surface area contributed by atoms with E-state index in [4.69, 9.17) is 10.8 Å². The minimum atomic E-state index is -4.06. The molecule has 2 heterocycles. The van der Waals surface area contributed by atoms with Gasteiger partial charge < -0.3 is 10.8 Å². The van der Waals surface area contributed by atoms with Crippen LogP contribution in [0.15, 0.2) is 9.72 Å². The summed E-state index contributed by atoms with van der Waals surface area (Å²) >= 11 is 0.712. The fraction of sp³-hybridized carbons (Fsp3) is 0.444. The van der Waals surface area contributed by atoms with Gasteiger partial charge in [0.2, 0.25) is 5.91 Å². The van der Waals surface area contributed by atoms with Crippen LogP contribution in [0.2, 0.25) is 0 Å². The summed E-state index contributed by atoms with van der Waals surface area (Å²) in [5.74, 6) is -2.16. The van der Waals surface area contributed by atoms with Crippen molar-refractivity contribution in [3.63, 3.8) is 0 Å². The van der Waals surface area contributed by atoms with Crippen LogP contribution in [0.4, 0.5) is 0 Å². The van der Waals surface area contributed by atoms with Crippen molar-refractivity contribution in [3.05, 3.63) is 11.2 Å². The number of rotatable bonds is 4. The molecule has 1 aliphatic heterocycles. The van der Waals surface area contributed by atoms with Crippen molar-refractivity contribution >= 4 is 33.2 Å². The van der Waals surface area contributed by atoms with Crippen LogP contribution >= 0.6 is 11.3 Å². The Morgan fingerprint density at radius 3 is 2.79 bits per heavy atom. The first kappa shape index (κ1) is 13.9. The van der Waals surface area contributed by atoms with Crippen LogP contribution in [0.5, 0.6) is 0 Å². The Hall–Kier alpha value is -1.52. The molecule has 1 atom stereocenters. The van der Waals surface area contributed by atoms with Gasteiger partial charge in [0.1, 0.15) is 6.04 Å². The van der Waals surface area contributed by atoms with E-state index in [0.717, 1.165) is 9.82 Å². The van der Waals surface area contributed by atoms with Crippen molar-refractivity contribution in [1.82, 2.24) is 9.29 Å². The molecule has 19 heavy (non-hydrogen) atoms. The zero-order valence-corrected chi connectivity index (χ0v) is 11.3. The van der Waals surface area contributed by atoms with Gasteiger partial charge in [0.15, 0.2) is 9.90 Å². The van der Waals surface area contributed by atoms with E-state index in [0.29, 0.717) is 24.2 Å². The number of sulfonamides is 1. The maximum absolute atomic E-state index is 12.4. The molecule has 0 bridgehead atoms. The summed E-state index contributed by atoms with van der Waals surface area (Å²) in [6.45, 7) is 0.146. The minimum Gasteiger partial charge on any atom is -0.476 e. The van der Waals surface area contributed by atoms with E-state index in [1.807, 2.05) is 0 Å². The molecule has 0 aliphatic carbocycles. The molecule has 10 heteroatoms. The second kappa shape index (κ2) is 4.87. The SMILES string of the molecule is NC(=O)C1CCCN1S(=O)(=O)c1scnc1C(=O)O. The highest BCUT2D eigenvalue weighted by atomic mass is 32.2. The lowest BCUT2D eigenvalue weighted by Crippen LogP contribution is -2.43. The van der Waals surface area contributed by atoms with Gasteiger partial charge in [-0.15, -0.1) is 11.3 Å². The molecule has 1 aliphatic rings. The highest BCUT2D eigenvalue weighted by Gasteiger charge is 2.41. The molecule has 0 saturated carbocycles. The molecule has 0 radical (unpaired) electrons. The first-order chi connectivity index (χ1) is 8.85. The molecule has 8 nitrogen and oxygen atoms in total. The number of carbonyl (C=O) groups is 2. The third-order valence-electron chi connectivity index (χ3n) is 2.81. The Morgan fingerprint density at radius 1 is 1.53 bits per heavy atom. The lowest BCUT2D eigenvalue weighted by atomic mass is 10.2. The van der Waals surface area contributed by atoms with Gasteiger partial charge in [-0.05, 0) is 12.8 Å². The number of nitrogens with two attached hydrogens (primary N) is 1. The number of hydrogen-bond acceptors (Lipinski definition) is 6. The lowest BCUT2D eigenvalue weighted by Gasteiger charge is -2.20. The van der Waals surface area contributed by atoms with Crippen LogP contribution in [-0.2, 0) is 14.8 Å². The van der Waals surface area contributed by atoms with E-state index in [9.17, 15) is 18.0 Å². The summed E-state index contributed by atoms with van der Waals surface area (Å²) in [4.78, 5) is 25.7. The third kappa shape index (κ3) is 2.33. The number of thiazole rings is 1. The number of carbonyl (C=O) groups excluding carboxylic acids is 1. The number of nitrogens with zero attached hydrogens (tertiary/aromatic N) is 2. The highest BCUT2D eigenvalue weighted by molar-refractivity contribution is 7.91. The van der Waals surface area contributed by atoms with Crippen LogP contribution in [0.25, 0.3) is 0 Å². The molecule has 1 amide bonds. The van der Waals surface area contributed by atoms with Crippen molar-refractivity contribution in [3.8, 4) is 0 Å². The summed E-state index contributed by atoms with van der Waals surface area (Å²) in [6, 6.07) is -0.922. The molecule has 1 unspecified atom stereocenters. The fourth-order valence-corrected chi connectivity index (χ4v) is 4.90. The molecule has 0 aromatic carbocycles. The van der Waals surface area contributed by atoms with Crippen molar-refractivity contribution in [2.24, 2.45) is 5.73 Å². The normalized spacial score (nSPS) is 20.5. The van der Waals surface area contributed by atoms with Crippen LogP contribution in [0.1, 0.15) is 23.3 Å². The molecule has 1 fully saturated rings. The van der Waals surface area contributed by atoms with Crippen LogP contribution < -0.4 is 5.73 Å².